The maximum atomic E-state index is 12.4. The van der Waals surface area contributed by atoms with Gasteiger partial charge in [0.2, 0.25) is 0 Å². The van der Waals surface area contributed by atoms with Gasteiger partial charge in [-0.15, -0.1) is 0 Å². The fourth-order valence-electron chi connectivity index (χ4n) is 2.37. The molecule has 1 heterocycles. The fraction of sp³-hybridized carbons (Fsp3) is 0.316. The molecule has 2 aromatic rings. The first-order valence-corrected chi connectivity index (χ1v) is 7.87. The normalized spacial score (nSPS) is 10.3. The Morgan fingerprint density at radius 2 is 1.67 bits per heavy atom. The molecule has 0 amide bonds. The quantitative estimate of drug-likeness (QED) is 0.763. The zero-order valence-electron chi connectivity index (χ0n) is 14.1. The van der Waals surface area contributed by atoms with Crippen molar-refractivity contribution in [3.8, 4) is 0 Å². The summed E-state index contributed by atoms with van der Waals surface area (Å²) in [6, 6.07) is 12.4. The number of aryl methyl sites for hydroxylation is 1. The molecule has 24 heavy (non-hydrogen) atoms. The molecule has 1 aromatic heterocycles. The van der Waals surface area contributed by atoms with E-state index < -0.39 is 11.9 Å². The van der Waals surface area contributed by atoms with E-state index in [9.17, 15) is 9.59 Å². The summed E-state index contributed by atoms with van der Waals surface area (Å²) >= 11 is 0. The summed E-state index contributed by atoms with van der Waals surface area (Å²) in [7, 11) is 0. The van der Waals surface area contributed by atoms with Gasteiger partial charge in [-0.3, -0.25) is 4.98 Å². The van der Waals surface area contributed by atoms with Gasteiger partial charge in [0.1, 0.15) is 0 Å². The standard InChI is InChI=1S/C19H20NO4/c1-4-23-18(21)15-11-13(3)20-16(17(15)19(22)24-5-2)12-14-9-7-6-8-10-14/h6-10H,4-5,12H2,1-3H3. The van der Waals surface area contributed by atoms with Crippen molar-refractivity contribution in [3.63, 3.8) is 0 Å². The van der Waals surface area contributed by atoms with Crippen LogP contribution in [-0.4, -0.2) is 30.1 Å². The van der Waals surface area contributed by atoms with Gasteiger partial charge in [0.25, 0.3) is 0 Å². The summed E-state index contributed by atoms with van der Waals surface area (Å²) < 4.78 is 10.2. The average molecular weight is 326 g/mol. The molecule has 1 aromatic carbocycles. The highest BCUT2D eigenvalue weighted by molar-refractivity contribution is 6.03. The van der Waals surface area contributed by atoms with Gasteiger partial charge in [-0.05, 0) is 26.3 Å². The minimum absolute atomic E-state index is 0.0775. The molecule has 0 N–H and O–H groups in total. The molecule has 125 valence electrons. The molecule has 0 aliphatic heterocycles. The number of benzene rings is 1. The van der Waals surface area contributed by atoms with Crippen LogP contribution in [0.25, 0.3) is 0 Å². The first kappa shape index (κ1) is 17.7. The summed E-state index contributed by atoms with van der Waals surface area (Å²) in [6.45, 7) is 5.57. The van der Waals surface area contributed by atoms with Crippen molar-refractivity contribution < 1.29 is 19.1 Å². The highest BCUT2D eigenvalue weighted by Gasteiger charge is 2.25. The number of ether oxygens (including phenoxy) is 2. The van der Waals surface area contributed by atoms with E-state index in [1.54, 1.807) is 20.8 Å². The van der Waals surface area contributed by atoms with E-state index in [4.69, 9.17) is 9.47 Å². The predicted molar refractivity (Wildman–Crippen MR) is 89.0 cm³/mol. The van der Waals surface area contributed by atoms with Crippen LogP contribution in [0.2, 0.25) is 0 Å². The molecule has 0 saturated heterocycles. The van der Waals surface area contributed by atoms with Crippen molar-refractivity contribution in [3.05, 3.63) is 64.5 Å². The van der Waals surface area contributed by atoms with Crippen molar-refractivity contribution in [1.82, 2.24) is 4.98 Å². The lowest BCUT2D eigenvalue weighted by Crippen LogP contribution is -2.19. The fourth-order valence-corrected chi connectivity index (χ4v) is 2.37. The number of carbonyl (C=O) groups excluding carboxylic acids is 2. The summed E-state index contributed by atoms with van der Waals surface area (Å²) in [5.74, 6) is -1.18. The zero-order valence-corrected chi connectivity index (χ0v) is 14.1. The second kappa shape index (κ2) is 8.24. The monoisotopic (exact) mass is 326 g/mol. The third-order valence-corrected chi connectivity index (χ3v) is 3.32. The van der Waals surface area contributed by atoms with Crippen LogP contribution in [-0.2, 0) is 15.9 Å². The van der Waals surface area contributed by atoms with Gasteiger partial charge < -0.3 is 9.47 Å². The Labute approximate surface area is 141 Å². The van der Waals surface area contributed by atoms with Crippen molar-refractivity contribution in [1.29, 1.82) is 0 Å². The van der Waals surface area contributed by atoms with Gasteiger partial charge >= 0.3 is 11.9 Å². The lowest BCUT2D eigenvalue weighted by Gasteiger charge is -2.13. The first-order chi connectivity index (χ1) is 11.6. The highest BCUT2D eigenvalue weighted by atomic mass is 16.5. The summed E-state index contributed by atoms with van der Waals surface area (Å²) in [5.41, 5.74) is 2.20. The van der Waals surface area contributed by atoms with Crippen LogP contribution in [0.3, 0.4) is 0 Å². The zero-order chi connectivity index (χ0) is 17.5. The molecule has 5 heteroatoms. The molecule has 0 aliphatic carbocycles. The molecule has 0 atom stereocenters. The molecule has 0 bridgehead atoms. The predicted octanol–water partition coefficient (Wildman–Crippen LogP) is 3.13. The Hall–Kier alpha value is -2.69. The smallest absolute Gasteiger partial charge is 0.340 e. The van der Waals surface area contributed by atoms with E-state index in [-0.39, 0.29) is 24.3 Å². The molecule has 0 aliphatic rings. The van der Waals surface area contributed by atoms with Gasteiger partial charge in [-0.25, -0.2) is 9.59 Å². The summed E-state index contributed by atoms with van der Waals surface area (Å²) in [6.07, 6.45) is 0.414. The lowest BCUT2D eigenvalue weighted by molar-refractivity contribution is 0.0476. The van der Waals surface area contributed by atoms with Gasteiger partial charge in [0, 0.05) is 18.2 Å². The van der Waals surface area contributed by atoms with Crippen LogP contribution in [0.4, 0.5) is 0 Å². The molecule has 0 spiro atoms. The molecular weight excluding hydrogens is 306 g/mol. The van der Waals surface area contributed by atoms with Crippen molar-refractivity contribution in [2.45, 2.75) is 27.2 Å². The second-order valence-electron chi connectivity index (χ2n) is 5.12. The number of nitrogens with zero attached hydrogens (tertiary/aromatic N) is 1. The highest BCUT2D eigenvalue weighted by Crippen LogP contribution is 2.20. The van der Waals surface area contributed by atoms with Crippen molar-refractivity contribution in [2.24, 2.45) is 0 Å². The number of aromatic nitrogens is 1. The lowest BCUT2D eigenvalue weighted by atomic mass is 10.00. The molecule has 0 saturated carbocycles. The number of hydrogen-bond donors (Lipinski definition) is 0. The summed E-state index contributed by atoms with van der Waals surface area (Å²) in [4.78, 5) is 29.1. The Morgan fingerprint density at radius 3 is 2.29 bits per heavy atom. The van der Waals surface area contributed by atoms with E-state index in [1.165, 1.54) is 0 Å². The topological polar surface area (TPSA) is 65.5 Å². The molecule has 1 radical (unpaired) electrons. The number of rotatable bonds is 6. The van der Waals surface area contributed by atoms with Crippen LogP contribution in [0, 0.1) is 13.0 Å². The maximum absolute atomic E-state index is 12.4. The third kappa shape index (κ3) is 4.19. The Morgan fingerprint density at radius 1 is 1.04 bits per heavy atom. The largest absolute Gasteiger partial charge is 0.462 e. The minimum atomic E-state index is -0.597. The van der Waals surface area contributed by atoms with Crippen LogP contribution in [0.1, 0.15) is 51.5 Å². The average Bonchev–Trinajstić information content (AvgIpc) is 2.55. The minimum Gasteiger partial charge on any atom is -0.462 e. The Bertz CT molecular complexity index is 726. The van der Waals surface area contributed by atoms with Crippen LogP contribution >= 0.6 is 0 Å². The van der Waals surface area contributed by atoms with Crippen LogP contribution in [0.5, 0.6) is 0 Å². The number of pyridine rings is 1. The van der Waals surface area contributed by atoms with Crippen molar-refractivity contribution >= 4 is 11.9 Å². The maximum Gasteiger partial charge on any atom is 0.340 e. The van der Waals surface area contributed by atoms with E-state index >= 15 is 0 Å². The van der Waals surface area contributed by atoms with Gasteiger partial charge in [0.15, 0.2) is 0 Å². The molecule has 0 unspecified atom stereocenters. The first-order valence-electron chi connectivity index (χ1n) is 7.87. The second-order valence-corrected chi connectivity index (χ2v) is 5.12. The van der Waals surface area contributed by atoms with Crippen LogP contribution in [0.15, 0.2) is 30.3 Å². The number of esters is 2. The van der Waals surface area contributed by atoms with Crippen LogP contribution < -0.4 is 0 Å². The summed E-state index contributed by atoms with van der Waals surface area (Å²) in [5, 5.41) is 0. The third-order valence-electron chi connectivity index (χ3n) is 3.32. The Kier molecular flexibility index (Phi) is 6.07. The van der Waals surface area contributed by atoms with Gasteiger partial charge in [0.05, 0.1) is 30.0 Å². The number of hydrogen-bond acceptors (Lipinski definition) is 5. The van der Waals surface area contributed by atoms with E-state index in [0.717, 1.165) is 5.56 Å². The van der Waals surface area contributed by atoms with Gasteiger partial charge in [-0.1, -0.05) is 30.3 Å². The van der Waals surface area contributed by atoms with E-state index in [2.05, 4.69) is 11.1 Å². The molecular formula is C19H20NO4. The van der Waals surface area contributed by atoms with Crippen molar-refractivity contribution in [2.75, 3.05) is 13.2 Å². The van der Waals surface area contributed by atoms with E-state index in [0.29, 0.717) is 17.8 Å². The van der Waals surface area contributed by atoms with E-state index in [1.807, 2.05) is 30.3 Å². The number of carbonyl (C=O) groups is 2. The molecule has 5 nitrogen and oxygen atoms in total. The molecule has 0 fully saturated rings. The Balaban J connectivity index is 2.54. The SMILES string of the molecule is CCOC(=O)c1[c]c(C)nc(Cc2ccccc2)c1C(=O)OCC. The van der Waals surface area contributed by atoms with Gasteiger partial charge in [-0.2, -0.15) is 0 Å². The molecule has 2 rings (SSSR count).